The summed E-state index contributed by atoms with van der Waals surface area (Å²) < 4.78 is 5.94. The van der Waals surface area contributed by atoms with Crippen LogP contribution in [-0.2, 0) is 9.53 Å². The fraction of sp³-hybridized carbons (Fsp3) is 0.750. The summed E-state index contributed by atoms with van der Waals surface area (Å²) in [7, 11) is 0. The van der Waals surface area contributed by atoms with E-state index in [1.54, 1.807) is 0 Å². The molecule has 2 unspecified atom stereocenters. The molecule has 2 fully saturated rings. The van der Waals surface area contributed by atoms with Gasteiger partial charge in [-0.1, -0.05) is 38.3 Å². The molecule has 2 aliphatic rings. The maximum atomic E-state index is 10.5. The highest BCUT2D eigenvalue weighted by atomic mass is 16.5. The number of fused-ring (bicyclic) bond motifs is 1. The summed E-state index contributed by atoms with van der Waals surface area (Å²) in [6, 6.07) is 0. The molecule has 1 aliphatic carbocycles. The fourth-order valence-electron chi connectivity index (χ4n) is 3.86. The minimum Gasteiger partial charge on any atom is -0.495 e. The zero-order chi connectivity index (χ0) is 18.2. The van der Waals surface area contributed by atoms with Crippen molar-refractivity contribution in [3.05, 3.63) is 24.0 Å². The van der Waals surface area contributed by atoms with Crippen molar-refractivity contribution in [1.82, 2.24) is 0 Å². The molecule has 0 aromatic rings. The summed E-state index contributed by atoms with van der Waals surface area (Å²) in [6.45, 7) is 2.14. The highest BCUT2D eigenvalue weighted by molar-refractivity contribution is 5.66. The Balaban J connectivity index is 1.83. The number of carboxylic acid groups (broad SMARTS) is 1. The van der Waals surface area contributed by atoms with Crippen molar-refractivity contribution in [3.8, 4) is 0 Å². The molecule has 1 aliphatic heterocycles. The Labute approximate surface area is 150 Å². The summed E-state index contributed by atoms with van der Waals surface area (Å²) in [5, 5.41) is 29.0. The third kappa shape index (κ3) is 6.15. The van der Waals surface area contributed by atoms with Crippen LogP contribution in [0.1, 0.15) is 64.7 Å². The molecule has 3 N–H and O–H groups in total. The van der Waals surface area contributed by atoms with E-state index in [-0.39, 0.29) is 24.4 Å². The van der Waals surface area contributed by atoms with E-state index in [9.17, 15) is 15.0 Å². The molecule has 5 atom stereocenters. The topological polar surface area (TPSA) is 87.0 Å². The largest absolute Gasteiger partial charge is 0.495 e. The fourth-order valence-corrected chi connectivity index (χ4v) is 3.86. The first-order valence-electron chi connectivity index (χ1n) is 9.63. The molecule has 25 heavy (non-hydrogen) atoms. The first-order chi connectivity index (χ1) is 12.0. The van der Waals surface area contributed by atoms with Crippen molar-refractivity contribution in [2.75, 3.05) is 0 Å². The standard InChI is InChI=1S/C20H32O5/c1-2-3-4-7-14(21)10-11-16-17-12-15(8-5-6-9-20(23)24)25-19(17)13-18(16)22/h8,10-11,14,16-19,21-22H,2-7,9,12-13H2,1H3,(H,23,24)/b11-10-,15-8+/t14-,16+,17?,18+,19?/m0/s1. The number of aliphatic hydroxyl groups is 2. The Morgan fingerprint density at radius 2 is 2.16 bits per heavy atom. The summed E-state index contributed by atoms with van der Waals surface area (Å²) in [6.07, 6.45) is 12.0. The van der Waals surface area contributed by atoms with Gasteiger partial charge in [-0.3, -0.25) is 4.79 Å². The van der Waals surface area contributed by atoms with Crippen molar-refractivity contribution < 1.29 is 24.9 Å². The normalized spacial score (nSPS) is 31.4. The number of aliphatic carboxylic acids is 1. The van der Waals surface area contributed by atoms with Crippen LogP contribution in [0.2, 0.25) is 0 Å². The second-order valence-corrected chi connectivity index (χ2v) is 7.31. The smallest absolute Gasteiger partial charge is 0.303 e. The van der Waals surface area contributed by atoms with Gasteiger partial charge in [-0.25, -0.2) is 0 Å². The first kappa shape index (κ1) is 20.0. The summed E-state index contributed by atoms with van der Waals surface area (Å²) in [5.41, 5.74) is 0. The number of unbranched alkanes of at least 4 members (excludes halogenated alkanes) is 3. The molecule has 1 heterocycles. The molecular weight excluding hydrogens is 320 g/mol. The van der Waals surface area contributed by atoms with E-state index >= 15 is 0 Å². The number of hydrogen-bond acceptors (Lipinski definition) is 4. The van der Waals surface area contributed by atoms with Gasteiger partial charge in [-0.05, 0) is 25.3 Å². The van der Waals surface area contributed by atoms with Gasteiger partial charge in [-0.2, -0.15) is 0 Å². The minimum absolute atomic E-state index is 0.0238. The van der Waals surface area contributed by atoms with E-state index in [4.69, 9.17) is 9.84 Å². The van der Waals surface area contributed by atoms with Crippen LogP contribution in [0.25, 0.3) is 0 Å². The van der Waals surface area contributed by atoms with Gasteiger partial charge in [0.05, 0.1) is 18.0 Å². The lowest BCUT2D eigenvalue weighted by molar-refractivity contribution is -0.137. The quantitative estimate of drug-likeness (QED) is 0.414. The van der Waals surface area contributed by atoms with Crippen LogP contribution < -0.4 is 0 Å². The predicted molar refractivity (Wildman–Crippen MR) is 96.0 cm³/mol. The summed E-state index contributed by atoms with van der Waals surface area (Å²) in [4.78, 5) is 10.5. The molecule has 0 spiro atoms. The van der Waals surface area contributed by atoms with Gasteiger partial charge < -0.3 is 20.1 Å². The van der Waals surface area contributed by atoms with Gasteiger partial charge >= 0.3 is 5.97 Å². The maximum Gasteiger partial charge on any atom is 0.303 e. The van der Waals surface area contributed by atoms with Gasteiger partial charge in [-0.15, -0.1) is 0 Å². The Kier molecular flexibility index (Phi) is 7.97. The van der Waals surface area contributed by atoms with E-state index in [1.807, 2.05) is 18.2 Å². The first-order valence-corrected chi connectivity index (χ1v) is 9.63. The SMILES string of the molecule is CCCCC[C@H](O)/C=C\[C@@H]1C2C/C(=C\CCCC(=O)O)OC2C[C@H]1O. The number of rotatable bonds is 10. The van der Waals surface area contributed by atoms with Gasteiger partial charge in [0.15, 0.2) is 0 Å². The Bertz CT molecular complexity index is 484. The van der Waals surface area contributed by atoms with Crippen molar-refractivity contribution >= 4 is 5.97 Å². The second-order valence-electron chi connectivity index (χ2n) is 7.31. The molecule has 0 bridgehead atoms. The predicted octanol–water partition coefficient (Wildman–Crippen LogP) is 3.41. The van der Waals surface area contributed by atoms with Crippen LogP contribution in [0.3, 0.4) is 0 Å². The zero-order valence-electron chi connectivity index (χ0n) is 15.1. The molecule has 0 amide bonds. The number of carbonyl (C=O) groups is 1. The van der Waals surface area contributed by atoms with Gasteiger partial charge in [0.25, 0.3) is 0 Å². The third-order valence-electron chi connectivity index (χ3n) is 5.26. The van der Waals surface area contributed by atoms with Crippen molar-refractivity contribution in [2.24, 2.45) is 11.8 Å². The molecule has 0 aromatic carbocycles. The van der Waals surface area contributed by atoms with Gasteiger partial charge in [0, 0.05) is 31.1 Å². The van der Waals surface area contributed by atoms with E-state index in [0.29, 0.717) is 19.3 Å². The van der Waals surface area contributed by atoms with E-state index in [1.165, 1.54) is 0 Å². The zero-order valence-corrected chi connectivity index (χ0v) is 15.1. The average molecular weight is 352 g/mol. The van der Waals surface area contributed by atoms with Crippen molar-refractivity contribution in [2.45, 2.75) is 83.0 Å². The van der Waals surface area contributed by atoms with Crippen molar-refractivity contribution in [3.63, 3.8) is 0 Å². The third-order valence-corrected chi connectivity index (χ3v) is 5.26. The van der Waals surface area contributed by atoms with E-state index in [0.717, 1.165) is 37.9 Å². The molecule has 1 saturated carbocycles. The molecule has 142 valence electrons. The molecule has 5 heteroatoms. The lowest BCUT2D eigenvalue weighted by atomic mass is 9.90. The second kappa shape index (κ2) is 9.97. The van der Waals surface area contributed by atoms with E-state index < -0.39 is 18.2 Å². The number of aliphatic hydroxyl groups excluding tert-OH is 2. The highest BCUT2D eigenvalue weighted by Gasteiger charge is 2.46. The molecular formula is C20H32O5. The van der Waals surface area contributed by atoms with Crippen LogP contribution in [0.15, 0.2) is 24.0 Å². The number of allylic oxidation sites excluding steroid dienone is 2. The van der Waals surface area contributed by atoms with Crippen LogP contribution in [0.4, 0.5) is 0 Å². The van der Waals surface area contributed by atoms with E-state index in [2.05, 4.69) is 6.92 Å². The Morgan fingerprint density at radius 1 is 1.36 bits per heavy atom. The molecule has 5 nitrogen and oxygen atoms in total. The average Bonchev–Trinajstić information content (AvgIpc) is 3.06. The van der Waals surface area contributed by atoms with Crippen LogP contribution >= 0.6 is 0 Å². The molecule has 0 aromatic heterocycles. The number of ether oxygens (including phenoxy) is 1. The molecule has 2 rings (SSSR count). The van der Waals surface area contributed by atoms with Crippen LogP contribution in [0, 0.1) is 11.8 Å². The van der Waals surface area contributed by atoms with Crippen LogP contribution in [-0.4, -0.2) is 39.6 Å². The number of carboxylic acids is 1. The van der Waals surface area contributed by atoms with Crippen molar-refractivity contribution in [1.29, 1.82) is 0 Å². The monoisotopic (exact) mass is 352 g/mol. The highest BCUT2D eigenvalue weighted by Crippen LogP contribution is 2.45. The van der Waals surface area contributed by atoms with Gasteiger partial charge in [0.2, 0.25) is 0 Å². The maximum absolute atomic E-state index is 10.5. The van der Waals surface area contributed by atoms with Crippen LogP contribution in [0.5, 0.6) is 0 Å². The molecule has 1 saturated heterocycles. The summed E-state index contributed by atoms with van der Waals surface area (Å²) in [5.74, 6) is 0.429. The molecule has 0 radical (unpaired) electrons. The summed E-state index contributed by atoms with van der Waals surface area (Å²) >= 11 is 0. The minimum atomic E-state index is -0.770. The van der Waals surface area contributed by atoms with Gasteiger partial charge in [0.1, 0.15) is 6.10 Å². The lowest BCUT2D eigenvalue weighted by Gasteiger charge is -2.16. The number of hydrogen-bond donors (Lipinski definition) is 3. The lowest BCUT2D eigenvalue weighted by Crippen LogP contribution is -2.18. The Morgan fingerprint density at radius 3 is 2.88 bits per heavy atom. The Hall–Kier alpha value is -1.33.